The molecule has 0 saturated carbocycles. The van der Waals surface area contributed by atoms with Crippen molar-refractivity contribution in [1.29, 1.82) is 0 Å². The third-order valence-corrected chi connectivity index (χ3v) is 3.77. The van der Waals surface area contributed by atoms with Crippen LogP contribution in [0.5, 0.6) is 5.75 Å². The van der Waals surface area contributed by atoms with E-state index in [0.717, 1.165) is 22.6 Å². The molecule has 0 spiro atoms. The molecule has 0 saturated heterocycles. The van der Waals surface area contributed by atoms with E-state index in [1.54, 1.807) is 6.26 Å². The monoisotopic (exact) mass is 323 g/mol. The SMILES string of the molecule is OCC(NCc1cccc(OCc2ccccc2)c1)c1ccco1. The Bertz CT molecular complexity index is 726. The lowest BCUT2D eigenvalue weighted by Crippen LogP contribution is -2.23. The number of rotatable bonds is 8. The number of ether oxygens (including phenoxy) is 1. The predicted octanol–water partition coefficient (Wildman–Crippen LogP) is 3.68. The Balaban J connectivity index is 1.56. The van der Waals surface area contributed by atoms with Crippen molar-refractivity contribution in [2.24, 2.45) is 0 Å². The summed E-state index contributed by atoms with van der Waals surface area (Å²) < 4.78 is 11.2. The first-order valence-corrected chi connectivity index (χ1v) is 7.98. The second-order valence-corrected chi connectivity index (χ2v) is 5.55. The highest BCUT2D eigenvalue weighted by molar-refractivity contribution is 5.29. The molecular formula is C20H21NO3. The van der Waals surface area contributed by atoms with Crippen LogP contribution in [0.4, 0.5) is 0 Å². The number of furan rings is 1. The molecular weight excluding hydrogens is 302 g/mol. The van der Waals surface area contributed by atoms with E-state index in [9.17, 15) is 5.11 Å². The number of hydrogen-bond donors (Lipinski definition) is 2. The van der Waals surface area contributed by atoms with Gasteiger partial charge in [0.05, 0.1) is 18.9 Å². The lowest BCUT2D eigenvalue weighted by molar-refractivity contribution is 0.225. The molecule has 0 bridgehead atoms. The van der Waals surface area contributed by atoms with E-state index in [4.69, 9.17) is 9.15 Å². The molecule has 0 amide bonds. The van der Waals surface area contributed by atoms with Gasteiger partial charge in [0, 0.05) is 6.54 Å². The minimum absolute atomic E-state index is 0.0162. The molecule has 1 atom stereocenters. The Morgan fingerprint density at radius 1 is 0.958 bits per heavy atom. The highest BCUT2D eigenvalue weighted by atomic mass is 16.5. The van der Waals surface area contributed by atoms with Crippen LogP contribution in [0.3, 0.4) is 0 Å². The fourth-order valence-corrected chi connectivity index (χ4v) is 2.47. The molecule has 0 aliphatic rings. The van der Waals surface area contributed by atoms with E-state index in [2.05, 4.69) is 5.32 Å². The van der Waals surface area contributed by atoms with Crippen LogP contribution >= 0.6 is 0 Å². The van der Waals surface area contributed by atoms with Crippen molar-refractivity contribution in [1.82, 2.24) is 5.32 Å². The van der Waals surface area contributed by atoms with Gasteiger partial charge in [-0.15, -0.1) is 0 Å². The van der Waals surface area contributed by atoms with Crippen molar-refractivity contribution in [2.75, 3.05) is 6.61 Å². The minimum Gasteiger partial charge on any atom is -0.489 e. The van der Waals surface area contributed by atoms with Gasteiger partial charge in [-0.05, 0) is 35.4 Å². The van der Waals surface area contributed by atoms with Crippen molar-refractivity contribution < 1.29 is 14.3 Å². The molecule has 3 rings (SSSR count). The Labute approximate surface area is 141 Å². The summed E-state index contributed by atoms with van der Waals surface area (Å²) in [6.45, 7) is 1.15. The molecule has 2 N–H and O–H groups in total. The molecule has 0 aliphatic heterocycles. The van der Waals surface area contributed by atoms with Crippen LogP contribution in [0.25, 0.3) is 0 Å². The molecule has 0 aliphatic carbocycles. The first-order valence-electron chi connectivity index (χ1n) is 7.98. The molecule has 4 nitrogen and oxygen atoms in total. The maximum Gasteiger partial charge on any atom is 0.123 e. The van der Waals surface area contributed by atoms with Crippen LogP contribution in [0.1, 0.15) is 22.9 Å². The molecule has 1 heterocycles. The van der Waals surface area contributed by atoms with Crippen LogP contribution < -0.4 is 10.1 Å². The van der Waals surface area contributed by atoms with Gasteiger partial charge in [-0.3, -0.25) is 0 Å². The second-order valence-electron chi connectivity index (χ2n) is 5.55. The molecule has 0 radical (unpaired) electrons. The van der Waals surface area contributed by atoms with Gasteiger partial charge in [-0.1, -0.05) is 42.5 Å². The van der Waals surface area contributed by atoms with Crippen LogP contribution in [-0.2, 0) is 13.2 Å². The van der Waals surface area contributed by atoms with Gasteiger partial charge >= 0.3 is 0 Å². The summed E-state index contributed by atoms with van der Waals surface area (Å²) in [5.41, 5.74) is 2.23. The lowest BCUT2D eigenvalue weighted by Gasteiger charge is -2.14. The fraction of sp³-hybridized carbons (Fsp3) is 0.200. The third kappa shape index (κ3) is 4.47. The summed E-state index contributed by atoms with van der Waals surface area (Å²) in [5.74, 6) is 1.56. The Hall–Kier alpha value is -2.56. The van der Waals surface area contributed by atoms with E-state index in [1.807, 2.05) is 66.7 Å². The standard InChI is InChI=1S/C20H21NO3/c22-14-19(20-10-5-11-23-20)21-13-17-8-4-9-18(12-17)24-15-16-6-2-1-3-7-16/h1-12,19,21-22H,13-15H2. The van der Waals surface area contributed by atoms with Gasteiger partial charge in [-0.2, -0.15) is 0 Å². The smallest absolute Gasteiger partial charge is 0.123 e. The third-order valence-electron chi connectivity index (χ3n) is 3.77. The largest absolute Gasteiger partial charge is 0.489 e. The fourth-order valence-electron chi connectivity index (χ4n) is 2.47. The Kier molecular flexibility index (Phi) is 5.66. The summed E-state index contributed by atoms with van der Waals surface area (Å²) in [5, 5.41) is 12.8. The Morgan fingerprint density at radius 2 is 1.79 bits per heavy atom. The van der Waals surface area contributed by atoms with Crippen LogP contribution in [0.15, 0.2) is 77.4 Å². The first-order chi connectivity index (χ1) is 11.8. The van der Waals surface area contributed by atoms with E-state index < -0.39 is 0 Å². The summed E-state index contributed by atoms with van der Waals surface area (Å²) in [7, 11) is 0. The number of hydrogen-bond acceptors (Lipinski definition) is 4. The van der Waals surface area contributed by atoms with Crippen LogP contribution in [-0.4, -0.2) is 11.7 Å². The van der Waals surface area contributed by atoms with E-state index >= 15 is 0 Å². The molecule has 0 fully saturated rings. The highest BCUT2D eigenvalue weighted by Crippen LogP contribution is 2.17. The normalized spacial score (nSPS) is 12.0. The Morgan fingerprint density at radius 3 is 2.54 bits per heavy atom. The van der Waals surface area contributed by atoms with Gasteiger partial charge in [-0.25, -0.2) is 0 Å². The number of aliphatic hydroxyl groups excluding tert-OH is 1. The second kappa shape index (κ2) is 8.34. The van der Waals surface area contributed by atoms with Crippen molar-refractivity contribution in [3.63, 3.8) is 0 Å². The summed E-state index contributed by atoms with van der Waals surface area (Å²) in [4.78, 5) is 0. The average molecular weight is 323 g/mol. The van der Waals surface area contributed by atoms with Crippen molar-refractivity contribution in [3.05, 3.63) is 89.9 Å². The van der Waals surface area contributed by atoms with Gasteiger partial charge in [0.25, 0.3) is 0 Å². The zero-order valence-corrected chi connectivity index (χ0v) is 13.4. The van der Waals surface area contributed by atoms with Crippen molar-refractivity contribution in [2.45, 2.75) is 19.2 Å². The molecule has 3 aromatic rings. The van der Waals surface area contributed by atoms with Gasteiger partial charge in [0.2, 0.25) is 0 Å². The first kappa shape index (κ1) is 16.3. The molecule has 1 unspecified atom stereocenters. The summed E-state index contributed by atoms with van der Waals surface area (Å²) in [6.07, 6.45) is 1.61. The summed E-state index contributed by atoms with van der Waals surface area (Å²) in [6, 6.07) is 21.5. The van der Waals surface area contributed by atoms with Gasteiger partial charge in [0.1, 0.15) is 18.1 Å². The van der Waals surface area contributed by atoms with Crippen molar-refractivity contribution >= 4 is 0 Å². The summed E-state index contributed by atoms with van der Waals surface area (Å²) >= 11 is 0. The molecule has 1 aromatic heterocycles. The van der Waals surface area contributed by atoms with Gasteiger partial charge < -0.3 is 19.6 Å². The molecule has 124 valence electrons. The molecule has 2 aromatic carbocycles. The maximum atomic E-state index is 9.49. The quantitative estimate of drug-likeness (QED) is 0.664. The zero-order valence-electron chi connectivity index (χ0n) is 13.4. The minimum atomic E-state index is -0.214. The highest BCUT2D eigenvalue weighted by Gasteiger charge is 2.12. The van der Waals surface area contributed by atoms with E-state index in [1.165, 1.54) is 0 Å². The van der Waals surface area contributed by atoms with Crippen LogP contribution in [0, 0.1) is 0 Å². The maximum absolute atomic E-state index is 9.49. The average Bonchev–Trinajstić information content (AvgIpc) is 3.16. The van der Waals surface area contributed by atoms with Crippen LogP contribution in [0.2, 0.25) is 0 Å². The predicted molar refractivity (Wildman–Crippen MR) is 92.6 cm³/mol. The zero-order chi connectivity index (χ0) is 16.6. The molecule has 4 heteroatoms. The van der Waals surface area contributed by atoms with E-state index in [0.29, 0.717) is 13.2 Å². The van der Waals surface area contributed by atoms with E-state index in [-0.39, 0.29) is 12.6 Å². The topological polar surface area (TPSA) is 54.6 Å². The number of nitrogens with one attached hydrogen (secondary N) is 1. The molecule has 24 heavy (non-hydrogen) atoms. The number of benzene rings is 2. The lowest BCUT2D eigenvalue weighted by atomic mass is 10.2. The van der Waals surface area contributed by atoms with Crippen molar-refractivity contribution in [3.8, 4) is 5.75 Å². The number of aliphatic hydroxyl groups is 1. The van der Waals surface area contributed by atoms with Gasteiger partial charge in [0.15, 0.2) is 0 Å².